The number of esters is 1. The lowest BCUT2D eigenvalue weighted by Crippen LogP contribution is -2.57. The van der Waals surface area contributed by atoms with Gasteiger partial charge in [-0.15, -0.1) is 0 Å². The molecule has 108 valence electrons. The van der Waals surface area contributed by atoms with Crippen molar-refractivity contribution in [2.75, 3.05) is 13.7 Å². The number of alkyl halides is 1. The molecule has 1 saturated heterocycles. The molecule has 0 bridgehead atoms. The van der Waals surface area contributed by atoms with E-state index in [1.165, 1.54) is 13.8 Å². The predicted octanol–water partition coefficient (Wildman–Crippen LogP) is 1.73. The Kier molecular flexibility index (Phi) is 3.52. The molecule has 0 aromatic heterocycles. The molecule has 1 amide bonds. The van der Waals surface area contributed by atoms with Gasteiger partial charge in [0.15, 0.2) is 0 Å². The Morgan fingerprint density at radius 1 is 1.30 bits per heavy atom. The van der Waals surface area contributed by atoms with Crippen LogP contribution in [-0.2, 0) is 14.3 Å². The van der Waals surface area contributed by atoms with Crippen molar-refractivity contribution >= 4 is 11.9 Å². The van der Waals surface area contributed by atoms with Gasteiger partial charge in [0.2, 0.25) is 0 Å². The molecule has 0 aliphatic carbocycles. The van der Waals surface area contributed by atoms with Gasteiger partial charge in [0.25, 0.3) is 5.91 Å². The van der Waals surface area contributed by atoms with Crippen LogP contribution in [-0.4, -0.2) is 42.0 Å². The number of hydrogen-bond donors (Lipinski definition) is 0. The Balaban J connectivity index is 2.44. The summed E-state index contributed by atoms with van der Waals surface area (Å²) in [6.45, 7) is 2.50. The van der Waals surface area contributed by atoms with Crippen LogP contribution < -0.4 is 0 Å². The fraction of sp³-hybridized carbons (Fsp3) is 0.429. The van der Waals surface area contributed by atoms with Gasteiger partial charge in [0, 0.05) is 5.56 Å². The molecule has 5 nitrogen and oxygen atoms in total. The number of nitrogens with zero attached hydrogens (tertiary/aromatic N) is 1. The van der Waals surface area contributed by atoms with Crippen LogP contribution in [0.2, 0.25) is 0 Å². The third-order valence-electron chi connectivity index (χ3n) is 3.23. The summed E-state index contributed by atoms with van der Waals surface area (Å²) in [7, 11) is 1.07. The van der Waals surface area contributed by atoms with Crippen molar-refractivity contribution in [2.45, 2.75) is 25.4 Å². The zero-order chi connectivity index (χ0) is 15.0. The molecule has 0 spiro atoms. The molecule has 0 N–H and O–H groups in total. The quantitative estimate of drug-likeness (QED) is 0.612. The molecule has 1 aromatic carbocycles. The highest BCUT2D eigenvalue weighted by atomic mass is 19.1. The van der Waals surface area contributed by atoms with E-state index in [-0.39, 0.29) is 5.56 Å². The van der Waals surface area contributed by atoms with Gasteiger partial charge in [-0.05, 0) is 26.0 Å². The minimum Gasteiger partial charge on any atom is -0.465 e. The van der Waals surface area contributed by atoms with E-state index in [4.69, 9.17) is 4.74 Å². The summed E-state index contributed by atoms with van der Waals surface area (Å²) >= 11 is 0. The number of rotatable bonds is 2. The summed E-state index contributed by atoms with van der Waals surface area (Å²) in [6.07, 6.45) is 0. The Bertz CT molecular complexity index is 531. The van der Waals surface area contributed by atoms with E-state index in [1.807, 2.05) is 0 Å². The van der Waals surface area contributed by atoms with Gasteiger partial charge in [-0.3, -0.25) is 9.69 Å². The van der Waals surface area contributed by atoms with Crippen molar-refractivity contribution in [3.8, 4) is 0 Å². The maximum atomic E-state index is 14.9. The molecular formula is C14H16FNO4. The number of methoxy groups -OCH3 is 1. The van der Waals surface area contributed by atoms with Crippen LogP contribution in [0.3, 0.4) is 0 Å². The van der Waals surface area contributed by atoms with Crippen molar-refractivity contribution in [1.82, 2.24) is 4.90 Å². The number of halogens is 1. The summed E-state index contributed by atoms with van der Waals surface area (Å²) < 4.78 is 24.6. The molecule has 0 radical (unpaired) electrons. The minimum atomic E-state index is -2.62. The number of carbonyl (C=O) groups is 2. The van der Waals surface area contributed by atoms with Crippen LogP contribution in [0.4, 0.5) is 4.39 Å². The maximum absolute atomic E-state index is 14.9. The van der Waals surface area contributed by atoms with Crippen molar-refractivity contribution in [3.63, 3.8) is 0 Å². The summed E-state index contributed by atoms with van der Waals surface area (Å²) in [6, 6.07) is 8.17. The molecule has 6 heteroatoms. The first-order valence-electron chi connectivity index (χ1n) is 6.14. The first kappa shape index (κ1) is 14.5. The molecule has 1 heterocycles. The van der Waals surface area contributed by atoms with Crippen LogP contribution >= 0.6 is 0 Å². The minimum absolute atomic E-state index is 0.275. The molecule has 1 aliphatic heterocycles. The summed E-state index contributed by atoms with van der Waals surface area (Å²) in [5, 5.41) is 0. The SMILES string of the molecule is COC(=O)C1(F)COC(C)(C)N1C(=O)c1ccccc1. The molecule has 1 atom stereocenters. The number of carbonyl (C=O) groups excluding carboxylic acids is 2. The normalized spacial score (nSPS) is 24.5. The molecular weight excluding hydrogens is 265 g/mol. The van der Waals surface area contributed by atoms with Gasteiger partial charge in [0.05, 0.1) is 7.11 Å². The van der Waals surface area contributed by atoms with Gasteiger partial charge in [0.1, 0.15) is 12.3 Å². The monoisotopic (exact) mass is 281 g/mol. The summed E-state index contributed by atoms with van der Waals surface area (Å²) in [5.74, 6) is -4.39. The van der Waals surface area contributed by atoms with Crippen LogP contribution in [0.15, 0.2) is 30.3 Å². The van der Waals surface area contributed by atoms with E-state index >= 15 is 0 Å². The van der Waals surface area contributed by atoms with Gasteiger partial charge < -0.3 is 9.47 Å². The molecule has 1 fully saturated rings. The van der Waals surface area contributed by atoms with E-state index in [2.05, 4.69) is 4.74 Å². The number of hydrogen-bond acceptors (Lipinski definition) is 4. The molecule has 1 unspecified atom stereocenters. The Hall–Kier alpha value is -1.95. The second-order valence-electron chi connectivity index (χ2n) is 4.99. The predicted molar refractivity (Wildman–Crippen MR) is 68.5 cm³/mol. The smallest absolute Gasteiger partial charge is 0.367 e. The van der Waals surface area contributed by atoms with Gasteiger partial charge >= 0.3 is 11.8 Å². The van der Waals surface area contributed by atoms with Crippen LogP contribution in [0.25, 0.3) is 0 Å². The lowest BCUT2D eigenvalue weighted by Gasteiger charge is -2.35. The number of benzene rings is 1. The van der Waals surface area contributed by atoms with Crippen molar-refractivity contribution in [2.24, 2.45) is 0 Å². The first-order valence-corrected chi connectivity index (χ1v) is 6.14. The molecule has 1 aliphatic rings. The maximum Gasteiger partial charge on any atom is 0.367 e. The highest BCUT2D eigenvalue weighted by Crippen LogP contribution is 2.38. The largest absolute Gasteiger partial charge is 0.465 e. The number of ether oxygens (including phenoxy) is 2. The van der Waals surface area contributed by atoms with Crippen LogP contribution in [0.5, 0.6) is 0 Å². The topological polar surface area (TPSA) is 55.8 Å². The Morgan fingerprint density at radius 2 is 1.90 bits per heavy atom. The van der Waals surface area contributed by atoms with E-state index in [9.17, 15) is 14.0 Å². The Labute approximate surface area is 116 Å². The van der Waals surface area contributed by atoms with Crippen molar-refractivity contribution < 1.29 is 23.5 Å². The fourth-order valence-electron chi connectivity index (χ4n) is 2.25. The van der Waals surface area contributed by atoms with Gasteiger partial charge in [-0.25, -0.2) is 9.18 Å². The molecule has 2 rings (SSSR count). The van der Waals surface area contributed by atoms with Gasteiger partial charge in [-0.1, -0.05) is 18.2 Å². The van der Waals surface area contributed by atoms with Gasteiger partial charge in [-0.2, -0.15) is 0 Å². The third-order valence-corrected chi connectivity index (χ3v) is 3.23. The number of amides is 1. The lowest BCUT2D eigenvalue weighted by molar-refractivity contribution is -0.164. The van der Waals surface area contributed by atoms with E-state index in [0.717, 1.165) is 12.0 Å². The summed E-state index contributed by atoms with van der Waals surface area (Å²) in [5.41, 5.74) is -0.965. The fourth-order valence-corrected chi connectivity index (χ4v) is 2.25. The van der Waals surface area contributed by atoms with Crippen molar-refractivity contribution in [3.05, 3.63) is 35.9 Å². The van der Waals surface area contributed by atoms with E-state index in [1.54, 1.807) is 30.3 Å². The van der Waals surface area contributed by atoms with Crippen LogP contribution in [0.1, 0.15) is 24.2 Å². The van der Waals surface area contributed by atoms with Crippen molar-refractivity contribution in [1.29, 1.82) is 0 Å². The highest BCUT2D eigenvalue weighted by Gasteiger charge is 2.60. The van der Waals surface area contributed by atoms with E-state index < -0.39 is 30.0 Å². The second kappa shape index (κ2) is 4.86. The molecule has 0 saturated carbocycles. The standard InChI is InChI=1S/C14H16FNO4/c1-13(2)16(11(17)10-7-5-4-6-8-10)14(15,9-20-13)12(18)19-3/h4-8H,9H2,1-3H3. The molecule has 20 heavy (non-hydrogen) atoms. The average molecular weight is 281 g/mol. The van der Waals surface area contributed by atoms with E-state index in [0.29, 0.717) is 0 Å². The zero-order valence-electron chi connectivity index (χ0n) is 11.6. The highest BCUT2D eigenvalue weighted by molar-refractivity contribution is 5.98. The first-order chi connectivity index (χ1) is 9.33. The Morgan fingerprint density at radius 3 is 2.45 bits per heavy atom. The summed E-state index contributed by atoms with van der Waals surface area (Å²) in [4.78, 5) is 25.0. The molecule has 1 aromatic rings. The van der Waals surface area contributed by atoms with Crippen LogP contribution in [0, 0.1) is 0 Å². The third kappa shape index (κ3) is 2.16. The zero-order valence-corrected chi connectivity index (χ0v) is 11.6. The lowest BCUT2D eigenvalue weighted by atomic mass is 10.1. The average Bonchev–Trinajstić information content (AvgIpc) is 2.69. The second-order valence-corrected chi connectivity index (χ2v) is 4.99.